The molecule has 0 saturated carbocycles. The first-order valence-electron chi connectivity index (χ1n) is 4.84. The molecule has 0 spiro atoms. The first-order valence-corrected chi connectivity index (χ1v) is 6.83. The zero-order valence-electron chi connectivity index (χ0n) is 8.96. The zero-order valence-corrected chi connectivity index (χ0v) is 12.1. The largest absolute Gasteiger partial charge is 0.399 e. The highest BCUT2D eigenvalue weighted by molar-refractivity contribution is 9.10. The number of hydrogen-bond acceptors (Lipinski definition) is 3. The Balaban J connectivity index is 2.50. The summed E-state index contributed by atoms with van der Waals surface area (Å²) in [4.78, 5) is 14.0. The Morgan fingerprint density at radius 3 is 2.71 bits per heavy atom. The van der Waals surface area contributed by atoms with Gasteiger partial charge in [0.2, 0.25) is 5.78 Å². The normalized spacial score (nSPS) is 10.5. The van der Waals surface area contributed by atoms with Gasteiger partial charge in [0.25, 0.3) is 0 Å². The lowest BCUT2D eigenvalue weighted by Crippen LogP contribution is -2.01. The Kier molecular flexibility index (Phi) is 3.56. The van der Waals surface area contributed by atoms with Crippen LogP contribution in [0.15, 0.2) is 28.7 Å². The van der Waals surface area contributed by atoms with Crippen molar-refractivity contribution >= 4 is 50.3 Å². The van der Waals surface area contributed by atoms with Crippen LogP contribution in [0.5, 0.6) is 0 Å². The minimum Gasteiger partial charge on any atom is -0.399 e. The Morgan fingerprint density at radius 1 is 1.41 bits per heavy atom. The summed E-state index contributed by atoms with van der Waals surface area (Å²) in [6.07, 6.45) is 0. The van der Waals surface area contributed by atoms with Crippen LogP contribution in [-0.4, -0.2) is 5.78 Å². The second-order valence-corrected chi connectivity index (χ2v) is 6.12. The maximum atomic E-state index is 12.3. The van der Waals surface area contributed by atoms with Gasteiger partial charge in [0.15, 0.2) is 0 Å². The van der Waals surface area contributed by atoms with E-state index in [1.807, 2.05) is 13.0 Å². The number of nitrogen functional groups attached to an aromatic ring is 1. The standard InChI is InChI=1S/C12H9BrClNOS/c1-6-4-9(13)12(17-6)11(16)8-5-7(15)2-3-10(8)14/h2-5H,15H2,1H3. The van der Waals surface area contributed by atoms with Crippen LogP contribution in [0.3, 0.4) is 0 Å². The highest BCUT2D eigenvalue weighted by Crippen LogP contribution is 2.31. The highest BCUT2D eigenvalue weighted by atomic mass is 79.9. The van der Waals surface area contributed by atoms with E-state index >= 15 is 0 Å². The molecule has 5 heteroatoms. The molecule has 0 aliphatic carbocycles. The maximum absolute atomic E-state index is 12.3. The van der Waals surface area contributed by atoms with Crippen LogP contribution in [0.1, 0.15) is 20.1 Å². The van der Waals surface area contributed by atoms with Crippen LogP contribution < -0.4 is 5.73 Å². The van der Waals surface area contributed by atoms with Gasteiger partial charge >= 0.3 is 0 Å². The summed E-state index contributed by atoms with van der Waals surface area (Å²) in [5, 5.41) is 0.419. The summed E-state index contributed by atoms with van der Waals surface area (Å²) >= 11 is 10.8. The van der Waals surface area contributed by atoms with E-state index in [2.05, 4.69) is 15.9 Å². The molecule has 0 atom stereocenters. The Morgan fingerprint density at radius 2 is 2.12 bits per heavy atom. The summed E-state index contributed by atoms with van der Waals surface area (Å²) in [5.41, 5.74) is 6.64. The molecule has 0 aliphatic heterocycles. The monoisotopic (exact) mass is 329 g/mol. The summed E-state index contributed by atoms with van der Waals surface area (Å²) in [6, 6.07) is 6.83. The van der Waals surface area contributed by atoms with Crippen molar-refractivity contribution < 1.29 is 4.79 Å². The molecule has 0 unspecified atom stereocenters. The van der Waals surface area contributed by atoms with Crippen molar-refractivity contribution in [2.45, 2.75) is 6.92 Å². The number of carbonyl (C=O) groups is 1. The van der Waals surface area contributed by atoms with Crippen LogP contribution in [-0.2, 0) is 0 Å². The van der Waals surface area contributed by atoms with E-state index in [0.29, 0.717) is 21.2 Å². The van der Waals surface area contributed by atoms with E-state index in [4.69, 9.17) is 17.3 Å². The molecule has 1 heterocycles. The van der Waals surface area contributed by atoms with E-state index in [1.54, 1.807) is 18.2 Å². The molecule has 2 nitrogen and oxygen atoms in total. The molecule has 17 heavy (non-hydrogen) atoms. The van der Waals surface area contributed by atoms with Gasteiger partial charge in [-0.15, -0.1) is 11.3 Å². The maximum Gasteiger partial charge on any atom is 0.205 e. The molecular weight excluding hydrogens is 322 g/mol. The minimum absolute atomic E-state index is 0.104. The van der Waals surface area contributed by atoms with Crippen LogP contribution in [0.25, 0.3) is 0 Å². The van der Waals surface area contributed by atoms with Gasteiger partial charge < -0.3 is 5.73 Å². The van der Waals surface area contributed by atoms with Gasteiger partial charge in [-0.2, -0.15) is 0 Å². The van der Waals surface area contributed by atoms with Gasteiger partial charge in [0.05, 0.1) is 9.90 Å². The predicted octanol–water partition coefficient (Wildman–Crippen LogP) is 4.29. The molecule has 0 fully saturated rings. The van der Waals surface area contributed by atoms with Crippen molar-refractivity contribution in [3.63, 3.8) is 0 Å². The number of hydrogen-bond donors (Lipinski definition) is 1. The number of halogens is 2. The number of carbonyl (C=O) groups excluding carboxylic acids is 1. The third-order valence-electron chi connectivity index (χ3n) is 2.25. The summed E-state index contributed by atoms with van der Waals surface area (Å²) < 4.78 is 0.795. The molecule has 1 aromatic heterocycles. The SMILES string of the molecule is Cc1cc(Br)c(C(=O)c2cc(N)ccc2Cl)s1. The quantitative estimate of drug-likeness (QED) is 0.659. The smallest absolute Gasteiger partial charge is 0.205 e. The third-order valence-corrected chi connectivity index (χ3v) is 4.52. The van der Waals surface area contributed by atoms with Crippen LogP contribution in [0.4, 0.5) is 5.69 Å². The number of thiophene rings is 1. The van der Waals surface area contributed by atoms with Crippen molar-refractivity contribution in [3.05, 3.63) is 49.1 Å². The van der Waals surface area contributed by atoms with E-state index in [-0.39, 0.29) is 5.78 Å². The van der Waals surface area contributed by atoms with Crippen molar-refractivity contribution in [2.75, 3.05) is 5.73 Å². The van der Waals surface area contributed by atoms with Crippen molar-refractivity contribution in [1.82, 2.24) is 0 Å². The first kappa shape index (κ1) is 12.6. The second-order valence-electron chi connectivity index (χ2n) is 3.60. The molecule has 2 N–H and O–H groups in total. The van der Waals surface area contributed by atoms with Crippen molar-refractivity contribution in [2.24, 2.45) is 0 Å². The topological polar surface area (TPSA) is 43.1 Å². The molecule has 0 aliphatic rings. The van der Waals surface area contributed by atoms with E-state index in [9.17, 15) is 4.79 Å². The Hall–Kier alpha value is -0.840. The van der Waals surface area contributed by atoms with Crippen LogP contribution in [0.2, 0.25) is 5.02 Å². The summed E-state index contributed by atoms with van der Waals surface area (Å²) in [5.74, 6) is -0.104. The fourth-order valence-corrected chi connectivity index (χ4v) is 3.46. The molecule has 2 rings (SSSR count). The lowest BCUT2D eigenvalue weighted by Gasteiger charge is -2.03. The molecule has 0 bridgehead atoms. The number of aryl methyl sites for hydroxylation is 1. The fraction of sp³-hybridized carbons (Fsp3) is 0.0833. The van der Waals surface area contributed by atoms with E-state index in [1.165, 1.54) is 11.3 Å². The fourth-order valence-electron chi connectivity index (χ4n) is 1.48. The molecule has 0 saturated heterocycles. The van der Waals surface area contributed by atoms with Crippen LogP contribution >= 0.6 is 38.9 Å². The molecule has 0 amide bonds. The van der Waals surface area contributed by atoms with Gasteiger partial charge in [-0.05, 0) is 47.1 Å². The van der Waals surface area contributed by atoms with Gasteiger partial charge in [0, 0.05) is 20.6 Å². The Labute approximate surface area is 117 Å². The number of ketones is 1. The lowest BCUT2D eigenvalue weighted by atomic mass is 10.1. The number of anilines is 1. The van der Waals surface area contributed by atoms with Crippen molar-refractivity contribution in [3.8, 4) is 0 Å². The minimum atomic E-state index is -0.104. The number of nitrogens with two attached hydrogens (primary N) is 1. The predicted molar refractivity (Wildman–Crippen MR) is 76.1 cm³/mol. The van der Waals surface area contributed by atoms with Gasteiger partial charge in [-0.1, -0.05) is 11.6 Å². The summed E-state index contributed by atoms with van der Waals surface area (Å²) in [7, 11) is 0. The molecule has 88 valence electrons. The van der Waals surface area contributed by atoms with Gasteiger partial charge in [-0.3, -0.25) is 4.79 Å². The van der Waals surface area contributed by atoms with Gasteiger partial charge in [-0.25, -0.2) is 0 Å². The zero-order chi connectivity index (χ0) is 12.6. The molecule has 0 radical (unpaired) electrons. The number of benzene rings is 1. The van der Waals surface area contributed by atoms with Gasteiger partial charge in [0.1, 0.15) is 0 Å². The molecule has 2 aromatic rings. The van der Waals surface area contributed by atoms with Crippen molar-refractivity contribution in [1.29, 1.82) is 0 Å². The third kappa shape index (κ3) is 2.54. The average molecular weight is 331 g/mol. The first-order chi connectivity index (χ1) is 7.99. The average Bonchev–Trinajstić information content (AvgIpc) is 2.60. The molecule has 1 aromatic carbocycles. The lowest BCUT2D eigenvalue weighted by molar-refractivity contribution is 0.104. The van der Waals surface area contributed by atoms with E-state index in [0.717, 1.165) is 9.35 Å². The molecular formula is C12H9BrClNOS. The highest BCUT2D eigenvalue weighted by Gasteiger charge is 2.18. The Bertz CT molecular complexity index is 594. The number of rotatable bonds is 2. The second kappa shape index (κ2) is 4.80. The summed E-state index contributed by atoms with van der Waals surface area (Å²) in [6.45, 7) is 1.95. The van der Waals surface area contributed by atoms with Crippen LogP contribution in [0, 0.1) is 6.92 Å². The van der Waals surface area contributed by atoms with E-state index < -0.39 is 0 Å².